The Labute approximate surface area is 64.4 Å². The molecule has 5 nitrogen and oxygen atoms in total. The van der Waals surface area contributed by atoms with Gasteiger partial charge < -0.3 is 4.52 Å². The molecule has 0 aliphatic carbocycles. The average Bonchev–Trinajstić information content (AvgIpc) is 1.87. The summed E-state index contributed by atoms with van der Waals surface area (Å²) in [4.78, 5) is 12.8. The molecule has 0 bridgehead atoms. The average molecular weight is 180 g/mol. The zero-order chi connectivity index (χ0) is 8.74. The van der Waals surface area contributed by atoms with Crippen LogP contribution in [0.1, 0.15) is 0 Å². The first kappa shape index (κ1) is 10.4. The number of hydrogen-bond acceptors (Lipinski definition) is 4. The molecular weight excluding hydrogens is 171 g/mol. The van der Waals surface area contributed by atoms with Gasteiger partial charge in [-0.25, -0.2) is 9.45 Å². The van der Waals surface area contributed by atoms with E-state index in [0.29, 0.717) is 0 Å². The van der Waals surface area contributed by atoms with Crippen LogP contribution in [0.25, 0.3) is 0 Å². The summed E-state index contributed by atoms with van der Waals surface area (Å²) in [5.74, 6) is 0. The van der Waals surface area contributed by atoms with Crippen molar-refractivity contribution in [2.75, 3.05) is 6.61 Å². The standard InChI is InChI=1S/C5H9O5P/c1-3-5-8-10-11(6,7)9-4-2/h3-4H,1-2,5H2,(H,6,7). The van der Waals surface area contributed by atoms with Gasteiger partial charge in [-0.3, -0.25) is 4.89 Å². The van der Waals surface area contributed by atoms with E-state index in [1.165, 1.54) is 6.08 Å². The van der Waals surface area contributed by atoms with Gasteiger partial charge in [0, 0.05) is 0 Å². The molecule has 0 spiro atoms. The minimum Gasteiger partial charge on any atom is -0.411 e. The zero-order valence-corrected chi connectivity index (χ0v) is 6.70. The summed E-state index contributed by atoms with van der Waals surface area (Å²) in [7, 11) is -4.11. The van der Waals surface area contributed by atoms with Crippen LogP contribution < -0.4 is 0 Å². The molecule has 0 heterocycles. The molecular formula is C5H9O5P. The lowest BCUT2D eigenvalue weighted by molar-refractivity contribution is -0.212. The molecule has 0 aliphatic heterocycles. The highest BCUT2D eigenvalue weighted by Gasteiger charge is 2.21. The van der Waals surface area contributed by atoms with E-state index < -0.39 is 7.82 Å². The van der Waals surface area contributed by atoms with Crippen LogP contribution in [0.2, 0.25) is 0 Å². The first-order chi connectivity index (χ1) is 5.12. The van der Waals surface area contributed by atoms with Crippen LogP contribution in [0.3, 0.4) is 0 Å². The smallest absolute Gasteiger partial charge is 0.411 e. The van der Waals surface area contributed by atoms with Crippen molar-refractivity contribution in [1.82, 2.24) is 0 Å². The van der Waals surface area contributed by atoms with Gasteiger partial charge in [-0.15, -0.1) is 11.3 Å². The quantitative estimate of drug-likeness (QED) is 0.167. The molecule has 0 fully saturated rings. The second-order valence-corrected chi connectivity index (χ2v) is 2.69. The third-order valence-electron chi connectivity index (χ3n) is 0.541. The zero-order valence-electron chi connectivity index (χ0n) is 5.80. The molecule has 0 radical (unpaired) electrons. The molecule has 1 N–H and O–H groups in total. The fourth-order valence-corrected chi connectivity index (χ4v) is 0.674. The number of hydrogen-bond donors (Lipinski definition) is 1. The van der Waals surface area contributed by atoms with Crippen LogP contribution in [-0.2, 0) is 18.7 Å². The van der Waals surface area contributed by atoms with Gasteiger partial charge >= 0.3 is 7.82 Å². The van der Waals surface area contributed by atoms with Crippen molar-refractivity contribution in [3.05, 3.63) is 25.5 Å². The van der Waals surface area contributed by atoms with Crippen LogP contribution >= 0.6 is 7.82 Å². The minimum atomic E-state index is -4.11. The number of phosphoric ester groups is 1. The van der Waals surface area contributed by atoms with E-state index in [1.807, 2.05) is 0 Å². The highest BCUT2D eigenvalue weighted by molar-refractivity contribution is 7.47. The normalized spacial score (nSPS) is 15.0. The third-order valence-corrected chi connectivity index (χ3v) is 1.25. The van der Waals surface area contributed by atoms with Crippen molar-refractivity contribution in [3.63, 3.8) is 0 Å². The predicted octanol–water partition coefficient (Wildman–Crippen LogP) is 1.38. The lowest BCUT2D eigenvalue weighted by Gasteiger charge is -2.06. The van der Waals surface area contributed by atoms with Gasteiger partial charge in [0.2, 0.25) is 0 Å². The second kappa shape index (κ2) is 5.09. The Bertz CT molecular complexity index is 178. The highest BCUT2D eigenvalue weighted by atomic mass is 31.2. The van der Waals surface area contributed by atoms with E-state index in [9.17, 15) is 4.57 Å². The molecule has 64 valence electrons. The molecule has 1 unspecified atom stereocenters. The molecule has 1 atom stereocenters. The maximum absolute atomic E-state index is 10.6. The summed E-state index contributed by atoms with van der Waals surface area (Å²) in [5, 5.41) is 0. The maximum Gasteiger partial charge on any atom is 0.554 e. The molecule has 6 heteroatoms. The predicted molar refractivity (Wildman–Crippen MR) is 38.3 cm³/mol. The Morgan fingerprint density at radius 3 is 2.64 bits per heavy atom. The van der Waals surface area contributed by atoms with E-state index in [0.717, 1.165) is 6.26 Å². The van der Waals surface area contributed by atoms with Crippen molar-refractivity contribution >= 4 is 7.82 Å². The monoisotopic (exact) mass is 180 g/mol. The molecule has 0 saturated heterocycles. The Kier molecular flexibility index (Phi) is 4.81. The Hall–Kier alpha value is -0.610. The van der Waals surface area contributed by atoms with Crippen LogP contribution in [-0.4, -0.2) is 11.5 Å². The summed E-state index contributed by atoms with van der Waals surface area (Å²) < 4.78 is 18.6. The van der Waals surface area contributed by atoms with Crippen molar-refractivity contribution in [2.45, 2.75) is 0 Å². The largest absolute Gasteiger partial charge is 0.554 e. The first-order valence-electron chi connectivity index (χ1n) is 2.66. The first-order valence-corrected chi connectivity index (χ1v) is 4.16. The Morgan fingerprint density at radius 2 is 2.18 bits per heavy atom. The van der Waals surface area contributed by atoms with Gasteiger partial charge in [-0.2, -0.15) is 0 Å². The highest BCUT2D eigenvalue weighted by Crippen LogP contribution is 2.43. The fourth-order valence-electron chi connectivity index (χ4n) is 0.257. The minimum absolute atomic E-state index is 0.00501. The molecule has 0 aromatic heterocycles. The Balaban J connectivity index is 3.63. The van der Waals surface area contributed by atoms with Crippen molar-refractivity contribution in [1.29, 1.82) is 0 Å². The SMILES string of the molecule is C=CCOOP(=O)(O)OC=C. The van der Waals surface area contributed by atoms with E-state index in [-0.39, 0.29) is 6.61 Å². The summed E-state index contributed by atoms with van der Waals surface area (Å²) >= 11 is 0. The molecule has 0 saturated carbocycles. The van der Waals surface area contributed by atoms with Crippen molar-refractivity contribution in [3.8, 4) is 0 Å². The van der Waals surface area contributed by atoms with Gasteiger partial charge in [0.15, 0.2) is 0 Å². The van der Waals surface area contributed by atoms with E-state index in [2.05, 4.69) is 27.2 Å². The van der Waals surface area contributed by atoms with Gasteiger partial charge in [0.25, 0.3) is 0 Å². The van der Waals surface area contributed by atoms with Crippen LogP contribution in [0.4, 0.5) is 0 Å². The van der Waals surface area contributed by atoms with Gasteiger partial charge in [-0.1, -0.05) is 12.7 Å². The van der Waals surface area contributed by atoms with Gasteiger partial charge in [0.05, 0.1) is 6.26 Å². The van der Waals surface area contributed by atoms with Crippen LogP contribution in [0.15, 0.2) is 25.5 Å². The molecule has 0 aromatic rings. The summed E-state index contributed by atoms with van der Waals surface area (Å²) in [6.45, 7) is 6.36. The second-order valence-electron chi connectivity index (χ2n) is 1.39. The summed E-state index contributed by atoms with van der Waals surface area (Å²) in [5.41, 5.74) is 0. The lowest BCUT2D eigenvalue weighted by Crippen LogP contribution is -1.93. The third kappa shape index (κ3) is 5.82. The van der Waals surface area contributed by atoms with E-state index in [1.54, 1.807) is 0 Å². The van der Waals surface area contributed by atoms with Crippen LogP contribution in [0, 0.1) is 0 Å². The maximum atomic E-state index is 10.6. The molecule has 0 aliphatic rings. The van der Waals surface area contributed by atoms with Gasteiger partial charge in [0.1, 0.15) is 6.61 Å². The molecule has 0 rings (SSSR count). The van der Waals surface area contributed by atoms with Crippen LogP contribution in [0.5, 0.6) is 0 Å². The lowest BCUT2D eigenvalue weighted by atomic mass is 10.7. The summed E-state index contributed by atoms with van der Waals surface area (Å²) in [6.07, 6.45) is 2.14. The van der Waals surface area contributed by atoms with Crippen molar-refractivity contribution in [2.24, 2.45) is 0 Å². The number of rotatable bonds is 6. The topological polar surface area (TPSA) is 65.0 Å². The Morgan fingerprint density at radius 1 is 1.55 bits per heavy atom. The summed E-state index contributed by atoms with van der Waals surface area (Å²) in [6, 6.07) is 0. The van der Waals surface area contributed by atoms with E-state index in [4.69, 9.17) is 4.89 Å². The molecule has 0 amide bonds. The van der Waals surface area contributed by atoms with E-state index >= 15 is 0 Å². The molecule has 0 aromatic carbocycles. The molecule has 11 heavy (non-hydrogen) atoms. The fraction of sp³-hybridized carbons (Fsp3) is 0.200. The van der Waals surface area contributed by atoms with Crippen molar-refractivity contribution < 1.29 is 23.5 Å². The number of phosphoric acid groups is 1. The van der Waals surface area contributed by atoms with Gasteiger partial charge in [-0.05, 0) is 0 Å².